The number of hydrogen-bond acceptors (Lipinski definition) is 1. The number of hydrogen-bond donors (Lipinski definition) is 1. The Balaban J connectivity index is 2.57. The lowest BCUT2D eigenvalue weighted by Gasteiger charge is -2.18. The molecule has 21 heavy (non-hydrogen) atoms. The summed E-state index contributed by atoms with van der Waals surface area (Å²) in [6.07, 6.45) is 3.63. The predicted molar refractivity (Wildman–Crippen MR) is 82.3 cm³/mol. The lowest BCUT2D eigenvalue weighted by molar-refractivity contribution is -0.136. The van der Waals surface area contributed by atoms with Gasteiger partial charge in [-0.3, -0.25) is 0 Å². The van der Waals surface area contributed by atoms with E-state index in [0.29, 0.717) is 5.56 Å². The summed E-state index contributed by atoms with van der Waals surface area (Å²) in [5.41, 5.74) is 5.52. The van der Waals surface area contributed by atoms with Crippen molar-refractivity contribution in [1.29, 1.82) is 0 Å². The number of para-hydroxylation sites is 1. The van der Waals surface area contributed by atoms with E-state index in [-0.39, 0.29) is 11.6 Å². The first-order valence-electron chi connectivity index (χ1n) is 7.83. The van der Waals surface area contributed by atoms with Crippen LogP contribution in [0.1, 0.15) is 75.8 Å². The molecule has 0 amide bonds. The van der Waals surface area contributed by atoms with E-state index in [0.717, 1.165) is 25.3 Å². The van der Waals surface area contributed by atoms with Crippen molar-refractivity contribution in [2.75, 3.05) is 5.73 Å². The van der Waals surface area contributed by atoms with Gasteiger partial charge in [-0.2, -0.15) is 13.2 Å². The van der Waals surface area contributed by atoms with Gasteiger partial charge in [-0.1, -0.05) is 64.5 Å². The molecule has 1 aromatic carbocycles. The number of nitrogens with two attached hydrogens (primary N) is 1. The summed E-state index contributed by atoms with van der Waals surface area (Å²) in [6, 6.07) is 4.22. The van der Waals surface area contributed by atoms with Crippen molar-refractivity contribution in [3.63, 3.8) is 0 Å². The fraction of sp³-hybridized carbons (Fsp3) is 0.647. The molecule has 1 aromatic rings. The highest BCUT2D eigenvalue weighted by Crippen LogP contribution is 2.38. The average Bonchev–Trinajstić information content (AvgIpc) is 2.41. The number of anilines is 1. The number of unbranched alkanes of at least 4 members (excludes halogenated alkanes) is 5. The Morgan fingerprint density at radius 1 is 1.05 bits per heavy atom. The van der Waals surface area contributed by atoms with Crippen LogP contribution in [0.2, 0.25) is 0 Å². The molecule has 0 heterocycles. The van der Waals surface area contributed by atoms with Crippen LogP contribution in [-0.4, -0.2) is 0 Å². The van der Waals surface area contributed by atoms with E-state index in [9.17, 15) is 13.2 Å². The summed E-state index contributed by atoms with van der Waals surface area (Å²) >= 11 is 0. The number of benzene rings is 1. The molecule has 0 spiro atoms. The molecular weight excluding hydrogens is 275 g/mol. The molecule has 1 unspecified atom stereocenters. The first kappa shape index (κ1) is 17.9. The van der Waals surface area contributed by atoms with Crippen LogP contribution < -0.4 is 5.73 Å². The highest BCUT2D eigenvalue weighted by atomic mass is 19.4. The van der Waals surface area contributed by atoms with E-state index in [4.69, 9.17) is 5.73 Å². The van der Waals surface area contributed by atoms with Gasteiger partial charge < -0.3 is 5.73 Å². The Morgan fingerprint density at radius 2 is 1.67 bits per heavy atom. The zero-order valence-electron chi connectivity index (χ0n) is 13.0. The van der Waals surface area contributed by atoms with Crippen molar-refractivity contribution < 1.29 is 13.2 Å². The minimum atomic E-state index is -4.38. The van der Waals surface area contributed by atoms with Crippen molar-refractivity contribution in [2.24, 2.45) is 0 Å². The van der Waals surface area contributed by atoms with E-state index in [1.54, 1.807) is 6.07 Å². The van der Waals surface area contributed by atoms with Crippen LogP contribution in [-0.2, 0) is 6.18 Å². The molecule has 0 saturated carbocycles. The smallest absolute Gasteiger partial charge is 0.398 e. The molecule has 1 rings (SSSR count). The monoisotopic (exact) mass is 301 g/mol. The molecule has 0 aliphatic rings. The normalized spacial score (nSPS) is 13.4. The fourth-order valence-corrected chi connectivity index (χ4v) is 2.65. The number of rotatable bonds is 8. The van der Waals surface area contributed by atoms with Gasteiger partial charge in [0.1, 0.15) is 0 Å². The molecule has 0 aromatic heterocycles. The summed E-state index contributed by atoms with van der Waals surface area (Å²) in [4.78, 5) is 0. The summed E-state index contributed by atoms with van der Waals surface area (Å²) in [7, 11) is 0. The molecule has 0 aliphatic heterocycles. The molecule has 0 aliphatic carbocycles. The summed E-state index contributed by atoms with van der Waals surface area (Å²) in [5, 5.41) is 0. The van der Waals surface area contributed by atoms with Gasteiger partial charge in [-0.05, 0) is 24.0 Å². The van der Waals surface area contributed by atoms with E-state index in [2.05, 4.69) is 6.92 Å². The SMILES string of the molecule is CCCCCCCCC(C)c1cccc(C(F)(F)F)c1N. The molecule has 120 valence electrons. The molecule has 1 atom stereocenters. The van der Waals surface area contributed by atoms with Crippen LogP contribution in [0.3, 0.4) is 0 Å². The third-order valence-corrected chi connectivity index (χ3v) is 3.97. The van der Waals surface area contributed by atoms with Gasteiger partial charge in [-0.15, -0.1) is 0 Å². The minimum Gasteiger partial charge on any atom is -0.398 e. The predicted octanol–water partition coefficient (Wildman–Crippen LogP) is 6.14. The maximum atomic E-state index is 12.8. The van der Waals surface area contributed by atoms with Crippen molar-refractivity contribution in [3.8, 4) is 0 Å². The van der Waals surface area contributed by atoms with Gasteiger partial charge in [-0.25, -0.2) is 0 Å². The van der Waals surface area contributed by atoms with Gasteiger partial charge in [0.05, 0.1) is 5.56 Å². The Kier molecular flexibility index (Phi) is 7.06. The number of alkyl halides is 3. The Bertz CT molecular complexity index is 427. The molecule has 2 N–H and O–H groups in total. The zero-order valence-corrected chi connectivity index (χ0v) is 13.0. The van der Waals surface area contributed by atoms with Crippen LogP contribution in [0.15, 0.2) is 18.2 Å². The van der Waals surface area contributed by atoms with Crippen LogP contribution in [0.5, 0.6) is 0 Å². The summed E-state index contributed by atoms with van der Waals surface area (Å²) in [5.74, 6) is 0.0680. The molecule has 1 nitrogen and oxygen atoms in total. The van der Waals surface area contributed by atoms with E-state index >= 15 is 0 Å². The van der Waals surface area contributed by atoms with Gasteiger partial charge >= 0.3 is 6.18 Å². The molecule has 0 saturated heterocycles. The quantitative estimate of drug-likeness (QED) is 0.453. The largest absolute Gasteiger partial charge is 0.418 e. The minimum absolute atomic E-state index is 0.0680. The van der Waals surface area contributed by atoms with Crippen LogP contribution in [0.25, 0.3) is 0 Å². The highest BCUT2D eigenvalue weighted by molar-refractivity contribution is 5.56. The Morgan fingerprint density at radius 3 is 2.29 bits per heavy atom. The number of nitrogen functional groups attached to an aromatic ring is 1. The third kappa shape index (κ3) is 5.60. The topological polar surface area (TPSA) is 26.0 Å². The maximum Gasteiger partial charge on any atom is 0.418 e. The summed E-state index contributed by atoms with van der Waals surface area (Å²) in [6.45, 7) is 4.14. The van der Waals surface area contributed by atoms with Crippen LogP contribution in [0, 0.1) is 0 Å². The van der Waals surface area contributed by atoms with Crippen molar-refractivity contribution in [3.05, 3.63) is 29.3 Å². The summed E-state index contributed by atoms with van der Waals surface area (Å²) < 4.78 is 38.5. The van der Waals surface area contributed by atoms with Crippen LogP contribution in [0.4, 0.5) is 18.9 Å². The van der Waals surface area contributed by atoms with Crippen molar-refractivity contribution in [1.82, 2.24) is 0 Å². The van der Waals surface area contributed by atoms with E-state index in [1.807, 2.05) is 6.92 Å². The molecule has 0 fully saturated rings. The molecule has 0 radical (unpaired) electrons. The maximum absolute atomic E-state index is 12.8. The molecular formula is C17H26F3N. The highest BCUT2D eigenvalue weighted by Gasteiger charge is 2.33. The van der Waals surface area contributed by atoms with Gasteiger partial charge in [0, 0.05) is 5.69 Å². The third-order valence-electron chi connectivity index (χ3n) is 3.97. The van der Waals surface area contributed by atoms with Crippen molar-refractivity contribution >= 4 is 5.69 Å². The second kappa shape index (κ2) is 8.30. The van der Waals surface area contributed by atoms with E-state index in [1.165, 1.54) is 31.7 Å². The second-order valence-corrected chi connectivity index (χ2v) is 5.76. The van der Waals surface area contributed by atoms with Gasteiger partial charge in [0.2, 0.25) is 0 Å². The number of halogens is 3. The Hall–Kier alpha value is -1.19. The average molecular weight is 301 g/mol. The lowest BCUT2D eigenvalue weighted by Crippen LogP contribution is -2.11. The zero-order chi connectivity index (χ0) is 15.9. The molecule has 4 heteroatoms. The first-order valence-corrected chi connectivity index (χ1v) is 7.83. The second-order valence-electron chi connectivity index (χ2n) is 5.76. The fourth-order valence-electron chi connectivity index (χ4n) is 2.65. The molecule has 0 bridgehead atoms. The first-order chi connectivity index (χ1) is 9.88. The van der Waals surface area contributed by atoms with Crippen molar-refractivity contribution in [2.45, 2.75) is 70.9 Å². The van der Waals surface area contributed by atoms with E-state index < -0.39 is 11.7 Å². The standard InChI is InChI=1S/C17H26F3N/c1-3-4-5-6-7-8-10-13(2)14-11-9-12-15(16(14)21)17(18,19)20/h9,11-13H,3-8,10,21H2,1-2H3. The lowest BCUT2D eigenvalue weighted by atomic mass is 9.91. The van der Waals surface area contributed by atoms with Crippen LogP contribution >= 0.6 is 0 Å². The van der Waals surface area contributed by atoms with Gasteiger partial charge in [0.25, 0.3) is 0 Å². The van der Waals surface area contributed by atoms with Gasteiger partial charge in [0.15, 0.2) is 0 Å². The Labute approximate surface area is 125 Å².